The van der Waals surface area contributed by atoms with Gasteiger partial charge in [-0.25, -0.2) is 14.5 Å². The summed E-state index contributed by atoms with van der Waals surface area (Å²) in [6.07, 6.45) is 3.49. The van der Waals surface area contributed by atoms with Crippen LogP contribution in [0.15, 0.2) is 48.8 Å². The molecule has 0 aliphatic rings. The van der Waals surface area contributed by atoms with Gasteiger partial charge in [0.15, 0.2) is 11.4 Å². The maximum atomic E-state index is 12.6. The fraction of sp³-hybridized carbons (Fsp3) is 0.292. The van der Waals surface area contributed by atoms with E-state index in [9.17, 15) is 9.90 Å². The molecule has 1 amide bonds. The Labute approximate surface area is 202 Å². The molecular weight excluding hydrogens is 450 g/mol. The third kappa shape index (κ3) is 5.30. The van der Waals surface area contributed by atoms with Gasteiger partial charge < -0.3 is 25.2 Å². The Hall–Kier alpha value is -4.25. The van der Waals surface area contributed by atoms with Crippen LogP contribution < -0.4 is 20.1 Å². The highest BCUT2D eigenvalue weighted by Crippen LogP contribution is 2.30. The Morgan fingerprint density at radius 2 is 1.94 bits per heavy atom. The maximum absolute atomic E-state index is 12.6. The van der Waals surface area contributed by atoms with Gasteiger partial charge in [-0.15, -0.1) is 5.10 Å². The highest BCUT2D eigenvalue weighted by Gasteiger charge is 2.17. The molecule has 1 unspecified atom stereocenters. The maximum Gasteiger partial charge on any atom is 0.270 e. The first-order valence-corrected chi connectivity index (χ1v) is 11.0. The van der Waals surface area contributed by atoms with Crippen molar-refractivity contribution in [3.8, 4) is 22.8 Å². The third-order valence-electron chi connectivity index (χ3n) is 5.44. The van der Waals surface area contributed by atoms with Gasteiger partial charge in [0.25, 0.3) is 11.8 Å². The summed E-state index contributed by atoms with van der Waals surface area (Å²) in [6, 6.07) is 10.3. The average Bonchev–Trinajstić information content (AvgIpc) is 3.27. The number of anilines is 2. The molecule has 35 heavy (non-hydrogen) atoms. The lowest BCUT2D eigenvalue weighted by Gasteiger charge is -2.19. The number of aliphatic hydroxyl groups excluding tert-OH is 1. The van der Waals surface area contributed by atoms with Crippen LogP contribution in [0.3, 0.4) is 0 Å². The van der Waals surface area contributed by atoms with Gasteiger partial charge in [-0.2, -0.15) is 4.98 Å². The first-order chi connectivity index (χ1) is 16.9. The van der Waals surface area contributed by atoms with Gasteiger partial charge in [0, 0.05) is 18.0 Å². The minimum absolute atomic E-state index is 0.0899. The van der Waals surface area contributed by atoms with E-state index >= 15 is 0 Å². The van der Waals surface area contributed by atoms with Crippen molar-refractivity contribution < 1.29 is 19.4 Å². The molecule has 11 nitrogen and oxygen atoms in total. The van der Waals surface area contributed by atoms with E-state index in [1.807, 2.05) is 32.0 Å². The summed E-state index contributed by atoms with van der Waals surface area (Å²) in [6.45, 7) is 3.71. The fourth-order valence-electron chi connectivity index (χ4n) is 3.41. The predicted molar refractivity (Wildman–Crippen MR) is 130 cm³/mol. The van der Waals surface area contributed by atoms with Gasteiger partial charge in [0.2, 0.25) is 5.95 Å². The van der Waals surface area contributed by atoms with Gasteiger partial charge in [-0.05, 0) is 41.8 Å². The molecule has 0 aromatic carbocycles. The molecule has 11 heteroatoms. The van der Waals surface area contributed by atoms with Crippen LogP contribution in [0, 0.1) is 5.92 Å². The molecule has 0 radical (unpaired) electrons. The number of aliphatic hydroxyl groups is 1. The predicted octanol–water partition coefficient (Wildman–Crippen LogP) is 2.69. The normalized spacial score (nSPS) is 11.9. The Balaban J connectivity index is 1.54. The monoisotopic (exact) mass is 477 g/mol. The van der Waals surface area contributed by atoms with Crippen LogP contribution in [0.25, 0.3) is 16.8 Å². The molecule has 1 atom stereocenters. The van der Waals surface area contributed by atoms with Crippen molar-refractivity contribution in [2.75, 3.05) is 26.1 Å². The number of fused-ring (bicyclic) bond motifs is 1. The zero-order valence-corrected chi connectivity index (χ0v) is 19.9. The number of nitrogens with zero attached hydrogens (tertiary/aromatic N) is 5. The first kappa shape index (κ1) is 23.9. The SMILES string of the molecule is COc1cc(-c2ccn3nc(Nc4cccc(C(=O)NC(CO)C(C)C)n4)nc3c2)cnc1OC. The van der Waals surface area contributed by atoms with Gasteiger partial charge in [0.05, 0.1) is 26.9 Å². The number of ether oxygens (including phenoxy) is 2. The Bertz CT molecular complexity index is 1340. The first-order valence-electron chi connectivity index (χ1n) is 11.0. The quantitative estimate of drug-likeness (QED) is 0.332. The van der Waals surface area contributed by atoms with Gasteiger partial charge in [0.1, 0.15) is 11.5 Å². The number of nitrogens with one attached hydrogen (secondary N) is 2. The van der Waals surface area contributed by atoms with Crippen molar-refractivity contribution in [2.45, 2.75) is 19.9 Å². The summed E-state index contributed by atoms with van der Waals surface area (Å²) in [5.41, 5.74) is 2.55. The molecule has 0 bridgehead atoms. The van der Waals surface area contributed by atoms with Crippen LogP contribution in [-0.2, 0) is 0 Å². The van der Waals surface area contributed by atoms with Crippen molar-refractivity contribution >= 4 is 23.3 Å². The largest absolute Gasteiger partial charge is 0.491 e. The average molecular weight is 478 g/mol. The molecule has 0 saturated carbocycles. The summed E-state index contributed by atoms with van der Waals surface area (Å²) in [5.74, 6) is 1.41. The van der Waals surface area contributed by atoms with Crippen LogP contribution in [0.1, 0.15) is 24.3 Å². The lowest BCUT2D eigenvalue weighted by Crippen LogP contribution is -2.41. The Kier molecular flexibility index (Phi) is 7.06. The molecule has 4 heterocycles. The minimum atomic E-state index is -0.363. The summed E-state index contributed by atoms with van der Waals surface area (Å²) < 4.78 is 12.2. The molecule has 0 aliphatic carbocycles. The number of carbonyl (C=O) groups excluding carboxylic acids is 1. The molecule has 4 aromatic rings. The summed E-state index contributed by atoms with van der Waals surface area (Å²) in [7, 11) is 3.10. The number of pyridine rings is 3. The topological polar surface area (TPSA) is 136 Å². The second-order valence-electron chi connectivity index (χ2n) is 8.13. The zero-order chi connectivity index (χ0) is 24.9. The molecule has 0 saturated heterocycles. The second kappa shape index (κ2) is 10.3. The number of methoxy groups -OCH3 is 2. The third-order valence-corrected chi connectivity index (χ3v) is 5.44. The standard InChI is InChI=1S/C24H27N7O4/c1-14(2)18(13-32)27-22(33)17-6-5-7-20(26-17)28-24-29-21-11-15(8-9-31(21)30-24)16-10-19(34-3)23(35-4)25-12-16/h5-12,14,18,32H,13H2,1-4H3,(H,27,33)(H,26,28,30). The number of hydrogen-bond donors (Lipinski definition) is 3. The van der Waals surface area contributed by atoms with Crippen LogP contribution >= 0.6 is 0 Å². The molecule has 4 rings (SSSR count). The van der Waals surface area contributed by atoms with E-state index in [2.05, 4.69) is 30.7 Å². The van der Waals surface area contributed by atoms with Crippen LogP contribution in [0.2, 0.25) is 0 Å². The Morgan fingerprint density at radius 3 is 2.66 bits per heavy atom. The number of amides is 1. The summed E-state index contributed by atoms with van der Waals surface area (Å²) in [4.78, 5) is 25.7. The number of rotatable bonds is 9. The van der Waals surface area contributed by atoms with E-state index in [-0.39, 0.29) is 30.2 Å². The van der Waals surface area contributed by atoms with Gasteiger partial charge in [-0.1, -0.05) is 19.9 Å². The van der Waals surface area contributed by atoms with Crippen molar-refractivity contribution in [1.82, 2.24) is 29.9 Å². The highest BCUT2D eigenvalue weighted by molar-refractivity contribution is 5.92. The van der Waals surface area contributed by atoms with Crippen LogP contribution in [0.4, 0.5) is 11.8 Å². The molecule has 4 aromatic heterocycles. The highest BCUT2D eigenvalue weighted by atomic mass is 16.5. The molecule has 0 fully saturated rings. The summed E-state index contributed by atoms with van der Waals surface area (Å²) in [5, 5.41) is 19.7. The minimum Gasteiger partial charge on any atom is -0.491 e. The fourth-order valence-corrected chi connectivity index (χ4v) is 3.41. The zero-order valence-electron chi connectivity index (χ0n) is 19.9. The van der Waals surface area contributed by atoms with E-state index in [0.717, 1.165) is 11.1 Å². The molecule has 0 spiro atoms. The Morgan fingerprint density at radius 1 is 1.11 bits per heavy atom. The molecular formula is C24H27N7O4. The van der Waals surface area contributed by atoms with E-state index < -0.39 is 0 Å². The van der Waals surface area contributed by atoms with Crippen molar-refractivity contribution in [2.24, 2.45) is 5.92 Å². The van der Waals surface area contributed by atoms with Crippen LogP contribution in [0.5, 0.6) is 11.6 Å². The van der Waals surface area contributed by atoms with Crippen LogP contribution in [-0.4, -0.2) is 62.4 Å². The van der Waals surface area contributed by atoms with Gasteiger partial charge in [-0.3, -0.25) is 4.79 Å². The number of aromatic nitrogens is 5. The smallest absolute Gasteiger partial charge is 0.270 e. The van der Waals surface area contributed by atoms with E-state index in [1.165, 1.54) is 7.11 Å². The molecule has 0 aliphatic heterocycles. The van der Waals surface area contributed by atoms with Crippen molar-refractivity contribution in [1.29, 1.82) is 0 Å². The number of hydrogen-bond acceptors (Lipinski definition) is 9. The van der Waals surface area contributed by atoms with E-state index in [4.69, 9.17) is 9.47 Å². The molecule has 182 valence electrons. The summed E-state index contributed by atoms with van der Waals surface area (Å²) >= 11 is 0. The lowest BCUT2D eigenvalue weighted by atomic mass is 10.1. The number of carbonyl (C=O) groups is 1. The van der Waals surface area contributed by atoms with E-state index in [1.54, 1.807) is 42.2 Å². The van der Waals surface area contributed by atoms with Crippen molar-refractivity contribution in [3.05, 3.63) is 54.5 Å². The lowest BCUT2D eigenvalue weighted by molar-refractivity contribution is 0.0892. The second-order valence-corrected chi connectivity index (χ2v) is 8.13. The molecule has 3 N–H and O–H groups in total. The van der Waals surface area contributed by atoms with Crippen molar-refractivity contribution in [3.63, 3.8) is 0 Å². The van der Waals surface area contributed by atoms with Gasteiger partial charge >= 0.3 is 0 Å². The van der Waals surface area contributed by atoms with E-state index in [0.29, 0.717) is 29.0 Å².